The Balaban J connectivity index is 2.74. The van der Waals surface area contributed by atoms with Crippen LogP contribution in [0.25, 0.3) is 0 Å². The summed E-state index contributed by atoms with van der Waals surface area (Å²) in [6, 6.07) is 1.25. The summed E-state index contributed by atoms with van der Waals surface area (Å²) < 4.78 is 6.06. The van der Waals surface area contributed by atoms with Crippen LogP contribution in [0.1, 0.15) is 67.2 Å². The maximum Gasteiger partial charge on any atom is 0.0757 e. The van der Waals surface area contributed by atoms with Crippen LogP contribution in [0, 0.1) is 0 Å². The van der Waals surface area contributed by atoms with E-state index in [9.17, 15) is 0 Å². The summed E-state index contributed by atoms with van der Waals surface area (Å²) in [7, 11) is 0. The molecule has 0 radical (unpaired) electrons. The lowest BCUT2D eigenvalue weighted by Gasteiger charge is -2.47. The Kier molecular flexibility index (Phi) is 7.49. The van der Waals surface area contributed by atoms with Crippen LogP contribution in [0.2, 0.25) is 0 Å². The largest absolute Gasteiger partial charge is 0.370 e. The molecule has 1 saturated heterocycles. The molecule has 0 saturated carbocycles. The van der Waals surface area contributed by atoms with Gasteiger partial charge in [0.2, 0.25) is 0 Å². The summed E-state index contributed by atoms with van der Waals surface area (Å²) in [6.45, 7) is 16.7. The molecule has 120 valence electrons. The van der Waals surface area contributed by atoms with Crippen molar-refractivity contribution >= 4 is 0 Å². The van der Waals surface area contributed by atoms with E-state index in [0.29, 0.717) is 18.2 Å². The minimum atomic E-state index is -0.0212. The maximum atomic E-state index is 6.06. The molecule has 1 aliphatic rings. The van der Waals surface area contributed by atoms with Gasteiger partial charge in [-0.05, 0) is 46.6 Å². The Morgan fingerprint density at radius 3 is 2.45 bits per heavy atom. The van der Waals surface area contributed by atoms with Crippen molar-refractivity contribution in [2.45, 2.75) is 91.0 Å². The zero-order valence-electron chi connectivity index (χ0n) is 14.5. The Morgan fingerprint density at radius 1 is 1.25 bits per heavy atom. The summed E-state index contributed by atoms with van der Waals surface area (Å²) in [5.74, 6) is 0. The average Bonchev–Trinajstić information content (AvgIpc) is 2.34. The molecule has 1 aliphatic heterocycles. The van der Waals surface area contributed by atoms with Crippen molar-refractivity contribution in [2.75, 3.05) is 19.6 Å². The summed E-state index contributed by atoms with van der Waals surface area (Å²) in [5, 5.41) is 3.78. The number of nitrogens with one attached hydrogen (secondary N) is 1. The maximum absolute atomic E-state index is 6.06. The van der Waals surface area contributed by atoms with Gasteiger partial charge in [0, 0.05) is 25.2 Å². The van der Waals surface area contributed by atoms with E-state index in [1.54, 1.807) is 0 Å². The van der Waals surface area contributed by atoms with Crippen molar-refractivity contribution in [1.29, 1.82) is 0 Å². The second-order valence-electron chi connectivity index (χ2n) is 6.94. The first-order valence-corrected chi connectivity index (χ1v) is 8.58. The highest BCUT2D eigenvalue weighted by Crippen LogP contribution is 2.25. The van der Waals surface area contributed by atoms with Crippen LogP contribution in [0.3, 0.4) is 0 Å². The van der Waals surface area contributed by atoms with Crippen LogP contribution in [-0.4, -0.2) is 48.3 Å². The van der Waals surface area contributed by atoms with Gasteiger partial charge in [-0.1, -0.05) is 27.2 Å². The number of hydrogen-bond donors (Lipinski definition) is 1. The van der Waals surface area contributed by atoms with Crippen molar-refractivity contribution < 1.29 is 4.74 Å². The standard InChI is InChI=1S/C17H36N2O/c1-7-10-15(18-11-8-2)16(9-3)19-12-14(4)20-17(5,6)13-19/h14-16,18H,7-13H2,1-6H3. The Labute approximate surface area is 126 Å². The molecule has 0 aromatic carbocycles. The fourth-order valence-corrected chi connectivity index (χ4v) is 3.62. The molecule has 0 aliphatic carbocycles. The lowest BCUT2D eigenvalue weighted by molar-refractivity contribution is -0.140. The molecule has 0 spiro atoms. The SMILES string of the molecule is CCCNC(CCC)C(CC)N1CC(C)OC(C)(C)C1. The summed E-state index contributed by atoms with van der Waals surface area (Å²) in [5.41, 5.74) is -0.0212. The third-order valence-electron chi connectivity index (χ3n) is 4.20. The Bertz CT molecular complexity index is 268. The number of rotatable bonds is 8. The van der Waals surface area contributed by atoms with Crippen molar-refractivity contribution in [3.8, 4) is 0 Å². The lowest BCUT2D eigenvalue weighted by atomic mass is 9.95. The summed E-state index contributed by atoms with van der Waals surface area (Å²) >= 11 is 0. The predicted molar refractivity (Wildman–Crippen MR) is 87.3 cm³/mol. The molecule has 1 heterocycles. The lowest BCUT2D eigenvalue weighted by Crippen LogP contribution is -2.59. The highest BCUT2D eigenvalue weighted by Gasteiger charge is 2.36. The fraction of sp³-hybridized carbons (Fsp3) is 1.00. The van der Waals surface area contributed by atoms with Gasteiger partial charge in [-0.25, -0.2) is 0 Å². The van der Waals surface area contributed by atoms with Crippen molar-refractivity contribution in [2.24, 2.45) is 0 Å². The summed E-state index contributed by atoms with van der Waals surface area (Å²) in [6.07, 6.45) is 5.28. The molecule has 20 heavy (non-hydrogen) atoms. The molecule has 1 fully saturated rings. The van der Waals surface area contributed by atoms with Gasteiger partial charge >= 0.3 is 0 Å². The van der Waals surface area contributed by atoms with Crippen LogP contribution in [-0.2, 0) is 4.74 Å². The first-order chi connectivity index (χ1) is 9.43. The number of morpholine rings is 1. The molecule has 1 rings (SSSR count). The van der Waals surface area contributed by atoms with Gasteiger partial charge in [0.05, 0.1) is 11.7 Å². The van der Waals surface area contributed by atoms with E-state index in [0.717, 1.165) is 19.6 Å². The molecular weight excluding hydrogens is 248 g/mol. The van der Waals surface area contributed by atoms with Gasteiger partial charge in [0.15, 0.2) is 0 Å². The molecule has 0 aromatic rings. The molecule has 3 unspecified atom stereocenters. The van der Waals surface area contributed by atoms with E-state index in [-0.39, 0.29) is 5.60 Å². The minimum Gasteiger partial charge on any atom is -0.370 e. The molecule has 3 nitrogen and oxygen atoms in total. The smallest absolute Gasteiger partial charge is 0.0757 e. The Hall–Kier alpha value is -0.120. The van der Waals surface area contributed by atoms with Crippen LogP contribution in [0.15, 0.2) is 0 Å². The number of ether oxygens (including phenoxy) is 1. The van der Waals surface area contributed by atoms with Gasteiger partial charge in [0.25, 0.3) is 0 Å². The molecular formula is C17H36N2O. The topological polar surface area (TPSA) is 24.5 Å². The average molecular weight is 284 g/mol. The van der Waals surface area contributed by atoms with Gasteiger partial charge in [-0.3, -0.25) is 4.90 Å². The van der Waals surface area contributed by atoms with Crippen molar-refractivity contribution in [1.82, 2.24) is 10.2 Å². The first-order valence-electron chi connectivity index (χ1n) is 8.58. The van der Waals surface area contributed by atoms with Gasteiger partial charge in [-0.15, -0.1) is 0 Å². The highest BCUT2D eigenvalue weighted by atomic mass is 16.5. The second kappa shape index (κ2) is 8.35. The minimum absolute atomic E-state index is 0.0212. The normalized spacial score (nSPS) is 26.4. The highest BCUT2D eigenvalue weighted by molar-refractivity contribution is 4.91. The second-order valence-corrected chi connectivity index (χ2v) is 6.94. The first kappa shape index (κ1) is 17.9. The molecule has 3 heteroatoms. The zero-order valence-corrected chi connectivity index (χ0v) is 14.5. The monoisotopic (exact) mass is 284 g/mol. The van der Waals surface area contributed by atoms with Crippen molar-refractivity contribution in [3.05, 3.63) is 0 Å². The molecule has 0 amide bonds. The molecule has 0 aromatic heterocycles. The quantitative estimate of drug-likeness (QED) is 0.739. The number of nitrogens with zero attached hydrogens (tertiary/aromatic N) is 1. The molecule has 1 N–H and O–H groups in total. The van der Waals surface area contributed by atoms with Crippen molar-refractivity contribution in [3.63, 3.8) is 0 Å². The van der Waals surface area contributed by atoms with Gasteiger partial charge < -0.3 is 10.1 Å². The van der Waals surface area contributed by atoms with Crippen LogP contribution < -0.4 is 5.32 Å². The van der Waals surface area contributed by atoms with E-state index in [1.807, 2.05) is 0 Å². The van der Waals surface area contributed by atoms with Gasteiger partial charge in [-0.2, -0.15) is 0 Å². The third-order valence-corrected chi connectivity index (χ3v) is 4.20. The van der Waals surface area contributed by atoms with Crippen LogP contribution in [0.4, 0.5) is 0 Å². The zero-order chi connectivity index (χ0) is 15.2. The number of hydrogen-bond acceptors (Lipinski definition) is 3. The Morgan fingerprint density at radius 2 is 1.95 bits per heavy atom. The van der Waals surface area contributed by atoms with E-state index in [2.05, 4.69) is 51.8 Å². The third kappa shape index (κ3) is 5.34. The predicted octanol–water partition coefficient (Wildman–Crippen LogP) is 3.43. The molecule has 3 atom stereocenters. The van der Waals surface area contributed by atoms with Crippen LogP contribution in [0.5, 0.6) is 0 Å². The van der Waals surface area contributed by atoms with E-state index in [1.165, 1.54) is 25.7 Å². The van der Waals surface area contributed by atoms with Gasteiger partial charge in [0.1, 0.15) is 0 Å². The van der Waals surface area contributed by atoms with E-state index in [4.69, 9.17) is 4.74 Å². The summed E-state index contributed by atoms with van der Waals surface area (Å²) in [4.78, 5) is 2.66. The van der Waals surface area contributed by atoms with E-state index < -0.39 is 0 Å². The van der Waals surface area contributed by atoms with E-state index >= 15 is 0 Å². The fourth-order valence-electron chi connectivity index (χ4n) is 3.62. The van der Waals surface area contributed by atoms with Crippen LogP contribution >= 0.6 is 0 Å². The molecule has 0 bridgehead atoms.